The van der Waals surface area contributed by atoms with Crippen LogP contribution in [0.15, 0.2) is 30.3 Å². The van der Waals surface area contributed by atoms with E-state index in [1.54, 1.807) is 5.48 Å². The van der Waals surface area contributed by atoms with Gasteiger partial charge in [0.1, 0.15) is 0 Å². The number of halogens is 3. The molecule has 0 spiro atoms. The van der Waals surface area contributed by atoms with E-state index in [1.165, 1.54) is 12.0 Å². The number of amides is 1. The lowest BCUT2D eigenvalue weighted by Gasteiger charge is -2.28. The maximum atomic E-state index is 11.4. The number of benzene rings is 1. The van der Waals surface area contributed by atoms with Crippen LogP contribution in [0.5, 0.6) is 0 Å². The second-order valence-electron chi connectivity index (χ2n) is 6.85. The molecule has 1 amide bonds. The molecule has 150 valence electrons. The molecule has 1 aromatic rings. The summed E-state index contributed by atoms with van der Waals surface area (Å²) in [6, 6.07) is 11.8. The monoisotopic (exact) mass is 388 g/mol. The first-order valence-corrected chi connectivity index (χ1v) is 8.77. The molecule has 2 unspecified atom stereocenters. The van der Waals surface area contributed by atoms with Crippen molar-refractivity contribution >= 4 is 11.9 Å². The average molecular weight is 388 g/mol. The fraction of sp³-hybridized carbons (Fsp3) is 0.556. The lowest BCUT2D eigenvalue weighted by Crippen LogP contribution is -2.38. The fourth-order valence-electron chi connectivity index (χ4n) is 3.36. The molecule has 0 bridgehead atoms. The molecule has 0 saturated heterocycles. The maximum absolute atomic E-state index is 11.4. The summed E-state index contributed by atoms with van der Waals surface area (Å²) in [4.78, 5) is 20.3. The van der Waals surface area contributed by atoms with Crippen molar-refractivity contribution in [3.05, 3.63) is 35.9 Å². The fourth-order valence-corrected chi connectivity index (χ4v) is 3.36. The minimum Gasteiger partial charge on any atom is -0.475 e. The Labute approximate surface area is 154 Å². The van der Waals surface area contributed by atoms with Gasteiger partial charge in [-0.25, -0.2) is 10.3 Å². The van der Waals surface area contributed by atoms with Crippen molar-refractivity contribution in [2.24, 2.45) is 5.92 Å². The second-order valence-corrected chi connectivity index (χ2v) is 6.85. The van der Waals surface area contributed by atoms with Gasteiger partial charge in [-0.3, -0.25) is 10.0 Å². The predicted octanol–water partition coefficient (Wildman–Crippen LogP) is 2.83. The van der Waals surface area contributed by atoms with Crippen LogP contribution in [0, 0.1) is 5.92 Å². The highest BCUT2D eigenvalue weighted by Crippen LogP contribution is 2.41. The average Bonchev–Trinajstić information content (AvgIpc) is 3.41. The van der Waals surface area contributed by atoms with E-state index in [-0.39, 0.29) is 11.8 Å². The van der Waals surface area contributed by atoms with Gasteiger partial charge < -0.3 is 10.4 Å². The Balaban J connectivity index is 0.000000321. The Kier molecular flexibility index (Phi) is 7.20. The largest absolute Gasteiger partial charge is 0.490 e. The van der Waals surface area contributed by atoms with E-state index in [0.717, 1.165) is 25.7 Å². The van der Waals surface area contributed by atoms with Crippen LogP contribution in [0.2, 0.25) is 0 Å². The quantitative estimate of drug-likeness (QED) is 0.470. The number of nitrogens with one attached hydrogen (secondary N) is 2. The molecule has 2 saturated carbocycles. The number of hydrogen-bond acceptors (Lipinski definition) is 4. The zero-order valence-electron chi connectivity index (χ0n) is 14.6. The summed E-state index contributed by atoms with van der Waals surface area (Å²) in [6.45, 7) is 0. The number of carboxylic acid groups (broad SMARTS) is 1. The first-order chi connectivity index (χ1) is 12.7. The molecule has 0 radical (unpaired) electrons. The molecule has 9 heteroatoms. The standard InChI is InChI=1S/C16H22N2O2.C2HF3O2/c19-16(18-20)12-6-8-13(9-7-12)17-15-10-14(15)11-4-2-1-3-5-11;3-2(4,5)1(6)7/h1-5,12-15,17,20H,6-10H2,(H,18,19);(H,6,7). The summed E-state index contributed by atoms with van der Waals surface area (Å²) < 4.78 is 31.7. The smallest absolute Gasteiger partial charge is 0.475 e. The predicted molar refractivity (Wildman–Crippen MR) is 90.1 cm³/mol. The van der Waals surface area contributed by atoms with Gasteiger partial charge in [-0.1, -0.05) is 30.3 Å². The molecule has 2 atom stereocenters. The van der Waals surface area contributed by atoms with E-state index in [0.29, 0.717) is 18.0 Å². The minimum atomic E-state index is -5.08. The van der Waals surface area contributed by atoms with E-state index in [9.17, 15) is 18.0 Å². The summed E-state index contributed by atoms with van der Waals surface area (Å²) in [5.74, 6) is -2.33. The number of aliphatic carboxylic acids is 1. The molecular weight excluding hydrogens is 365 g/mol. The Morgan fingerprint density at radius 2 is 1.59 bits per heavy atom. The van der Waals surface area contributed by atoms with Gasteiger partial charge in [0.05, 0.1) is 0 Å². The summed E-state index contributed by atoms with van der Waals surface area (Å²) >= 11 is 0. The lowest BCUT2D eigenvalue weighted by atomic mass is 9.85. The van der Waals surface area contributed by atoms with E-state index in [4.69, 9.17) is 15.1 Å². The Morgan fingerprint density at radius 1 is 1.04 bits per heavy atom. The molecule has 2 aliphatic carbocycles. The molecule has 27 heavy (non-hydrogen) atoms. The van der Waals surface area contributed by atoms with Crippen LogP contribution in [-0.2, 0) is 9.59 Å². The maximum Gasteiger partial charge on any atom is 0.490 e. The molecule has 0 heterocycles. The van der Waals surface area contributed by atoms with E-state index < -0.39 is 12.1 Å². The zero-order chi connectivity index (χ0) is 20.0. The van der Waals surface area contributed by atoms with Gasteiger partial charge >= 0.3 is 12.1 Å². The Morgan fingerprint density at radius 3 is 2.07 bits per heavy atom. The molecule has 2 fully saturated rings. The molecular formula is C18H23F3N2O4. The highest BCUT2D eigenvalue weighted by Gasteiger charge is 2.40. The third kappa shape index (κ3) is 6.51. The molecule has 1 aromatic carbocycles. The van der Waals surface area contributed by atoms with E-state index in [1.807, 2.05) is 0 Å². The van der Waals surface area contributed by atoms with Crippen molar-refractivity contribution in [2.75, 3.05) is 0 Å². The van der Waals surface area contributed by atoms with Gasteiger partial charge in [0.2, 0.25) is 5.91 Å². The third-order valence-electron chi connectivity index (χ3n) is 4.92. The molecule has 2 aliphatic rings. The third-order valence-corrected chi connectivity index (χ3v) is 4.92. The molecule has 0 aromatic heterocycles. The number of alkyl halides is 3. The van der Waals surface area contributed by atoms with Crippen molar-refractivity contribution in [1.29, 1.82) is 0 Å². The summed E-state index contributed by atoms with van der Waals surface area (Å²) in [5.41, 5.74) is 3.20. The highest BCUT2D eigenvalue weighted by atomic mass is 19.4. The summed E-state index contributed by atoms with van der Waals surface area (Å²) in [6.07, 6.45) is -0.0766. The Hall–Kier alpha value is -2.13. The van der Waals surface area contributed by atoms with Crippen molar-refractivity contribution in [1.82, 2.24) is 10.8 Å². The number of rotatable bonds is 4. The highest BCUT2D eigenvalue weighted by molar-refractivity contribution is 5.77. The number of carbonyl (C=O) groups excluding carboxylic acids is 1. The van der Waals surface area contributed by atoms with Crippen LogP contribution >= 0.6 is 0 Å². The first kappa shape index (κ1) is 21.2. The van der Waals surface area contributed by atoms with Crippen LogP contribution in [0.1, 0.15) is 43.6 Å². The molecule has 0 aliphatic heterocycles. The van der Waals surface area contributed by atoms with E-state index >= 15 is 0 Å². The normalized spacial score (nSPS) is 27.1. The van der Waals surface area contributed by atoms with Gasteiger partial charge in [-0.05, 0) is 37.7 Å². The van der Waals surface area contributed by atoms with Crippen LogP contribution < -0.4 is 10.8 Å². The van der Waals surface area contributed by atoms with E-state index in [2.05, 4.69) is 35.6 Å². The first-order valence-electron chi connectivity index (χ1n) is 8.77. The topological polar surface area (TPSA) is 98.7 Å². The molecule has 6 nitrogen and oxygen atoms in total. The summed E-state index contributed by atoms with van der Waals surface area (Å²) in [7, 11) is 0. The van der Waals surface area contributed by atoms with Crippen LogP contribution in [-0.4, -0.2) is 40.5 Å². The van der Waals surface area contributed by atoms with Gasteiger partial charge in [0, 0.05) is 23.9 Å². The van der Waals surface area contributed by atoms with Crippen LogP contribution in [0.4, 0.5) is 13.2 Å². The number of carbonyl (C=O) groups is 2. The summed E-state index contributed by atoms with van der Waals surface area (Å²) in [5, 5.41) is 19.5. The zero-order valence-corrected chi connectivity index (χ0v) is 14.6. The van der Waals surface area contributed by atoms with Gasteiger partial charge in [0.15, 0.2) is 0 Å². The van der Waals surface area contributed by atoms with Gasteiger partial charge in [-0.15, -0.1) is 0 Å². The van der Waals surface area contributed by atoms with Gasteiger partial charge in [-0.2, -0.15) is 13.2 Å². The van der Waals surface area contributed by atoms with Crippen molar-refractivity contribution < 1.29 is 33.1 Å². The van der Waals surface area contributed by atoms with Crippen molar-refractivity contribution in [2.45, 2.75) is 56.3 Å². The van der Waals surface area contributed by atoms with Crippen molar-refractivity contribution in [3.8, 4) is 0 Å². The SMILES string of the molecule is O=C(NO)C1CCC(NC2CC2c2ccccc2)CC1.O=C(O)C(F)(F)F. The number of carboxylic acids is 1. The molecule has 4 N–H and O–H groups in total. The lowest BCUT2D eigenvalue weighted by molar-refractivity contribution is -0.192. The minimum absolute atomic E-state index is 0.0119. The van der Waals surface area contributed by atoms with Crippen LogP contribution in [0.3, 0.4) is 0 Å². The van der Waals surface area contributed by atoms with Crippen molar-refractivity contribution in [3.63, 3.8) is 0 Å². The molecule has 3 rings (SSSR count). The Bertz CT molecular complexity index is 631. The number of hydrogen-bond donors (Lipinski definition) is 4. The second kappa shape index (κ2) is 9.18. The number of hydroxylamine groups is 1. The van der Waals surface area contributed by atoms with Gasteiger partial charge in [0.25, 0.3) is 0 Å². The van der Waals surface area contributed by atoms with Crippen LogP contribution in [0.25, 0.3) is 0 Å².